The molecule has 1 rings (SSSR count). The smallest absolute Gasteiger partial charge is 0.223 e. The van der Waals surface area contributed by atoms with Crippen molar-refractivity contribution in [1.29, 1.82) is 0 Å². The van der Waals surface area contributed by atoms with E-state index in [-0.39, 0.29) is 5.95 Å². The highest BCUT2D eigenvalue weighted by molar-refractivity contribution is 5.48. The van der Waals surface area contributed by atoms with E-state index in [9.17, 15) is 0 Å². The zero-order valence-electron chi connectivity index (χ0n) is 9.33. The summed E-state index contributed by atoms with van der Waals surface area (Å²) in [6.07, 6.45) is 3.50. The Morgan fingerprint density at radius 1 is 1.40 bits per heavy atom. The number of unbranched alkanes of at least 4 members (excludes halogenated alkanes) is 1. The summed E-state index contributed by atoms with van der Waals surface area (Å²) in [7, 11) is 0. The van der Waals surface area contributed by atoms with E-state index in [4.69, 9.17) is 11.5 Å². The van der Waals surface area contributed by atoms with Crippen molar-refractivity contribution in [2.75, 3.05) is 16.8 Å². The van der Waals surface area contributed by atoms with Gasteiger partial charge in [-0.15, -0.1) is 0 Å². The lowest BCUT2D eigenvalue weighted by atomic mass is 10.1. The number of hydrogen-bond acceptors (Lipinski definition) is 5. The van der Waals surface area contributed by atoms with Crippen molar-refractivity contribution in [3.05, 3.63) is 6.07 Å². The molecule has 5 N–H and O–H groups in total. The van der Waals surface area contributed by atoms with Crippen molar-refractivity contribution in [3.8, 4) is 0 Å². The molecule has 1 heterocycles. The first-order chi connectivity index (χ1) is 7.11. The molecule has 15 heavy (non-hydrogen) atoms. The van der Waals surface area contributed by atoms with Gasteiger partial charge in [0.2, 0.25) is 5.95 Å². The zero-order valence-corrected chi connectivity index (χ0v) is 9.33. The molecule has 0 saturated carbocycles. The molecule has 0 fully saturated rings. The van der Waals surface area contributed by atoms with Gasteiger partial charge in [-0.05, 0) is 13.3 Å². The summed E-state index contributed by atoms with van der Waals surface area (Å²) in [5, 5.41) is 3.25. The van der Waals surface area contributed by atoms with Crippen LogP contribution in [0.1, 0.15) is 33.1 Å². The first kappa shape index (κ1) is 11.6. The predicted molar refractivity (Wildman–Crippen MR) is 63.5 cm³/mol. The third-order valence-corrected chi connectivity index (χ3v) is 2.15. The highest BCUT2D eigenvalue weighted by Gasteiger charge is 2.04. The van der Waals surface area contributed by atoms with Gasteiger partial charge in [0, 0.05) is 12.1 Å². The molecule has 0 saturated heterocycles. The minimum atomic E-state index is 0.209. The first-order valence-electron chi connectivity index (χ1n) is 5.28. The van der Waals surface area contributed by atoms with Gasteiger partial charge >= 0.3 is 0 Å². The Kier molecular flexibility index (Phi) is 4.15. The molecule has 5 heteroatoms. The Morgan fingerprint density at radius 2 is 2.13 bits per heavy atom. The van der Waals surface area contributed by atoms with Crippen molar-refractivity contribution in [2.24, 2.45) is 0 Å². The zero-order chi connectivity index (χ0) is 11.3. The van der Waals surface area contributed by atoms with Gasteiger partial charge in [0.05, 0.1) is 0 Å². The fourth-order valence-electron chi connectivity index (χ4n) is 1.39. The Balaban J connectivity index is 2.56. The molecule has 1 unspecified atom stereocenters. The third kappa shape index (κ3) is 4.01. The van der Waals surface area contributed by atoms with Crippen LogP contribution in [0.3, 0.4) is 0 Å². The van der Waals surface area contributed by atoms with Crippen LogP contribution in [-0.2, 0) is 0 Å². The predicted octanol–water partition coefficient (Wildman–Crippen LogP) is 1.63. The minimum Gasteiger partial charge on any atom is -0.383 e. The summed E-state index contributed by atoms with van der Waals surface area (Å²) in [5.74, 6) is 1.30. The van der Waals surface area contributed by atoms with Crippen LogP contribution >= 0.6 is 0 Å². The average molecular weight is 209 g/mol. The molecule has 0 spiro atoms. The summed E-state index contributed by atoms with van der Waals surface area (Å²) in [5.41, 5.74) is 11.1. The fraction of sp³-hybridized carbons (Fsp3) is 0.600. The van der Waals surface area contributed by atoms with Gasteiger partial charge in [-0.1, -0.05) is 19.8 Å². The van der Waals surface area contributed by atoms with Crippen LogP contribution in [0.25, 0.3) is 0 Å². The number of nitrogens with one attached hydrogen (secondary N) is 1. The van der Waals surface area contributed by atoms with Gasteiger partial charge in [-0.2, -0.15) is 9.97 Å². The second kappa shape index (κ2) is 5.38. The maximum Gasteiger partial charge on any atom is 0.223 e. The standard InChI is InChI=1S/C10H19N5/c1-3-4-5-7(2)13-9-6-8(11)14-10(12)15-9/h6-7H,3-5H2,1-2H3,(H5,11,12,13,14,15). The lowest BCUT2D eigenvalue weighted by molar-refractivity contribution is 0.643. The highest BCUT2D eigenvalue weighted by atomic mass is 15.1. The molecule has 0 aliphatic carbocycles. The molecule has 0 aliphatic rings. The monoisotopic (exact) mass is 209 g/mol. The van der Waals surface area contributed by atoms with Gasteiger partial charge in [-0.3, -0.25) is 0 Å². The molecule has 0 bridgehead atoms. The van der Waals surface area contributed by atoms with E-state index in [1.165, 1.54) is 12.8 Å². The van der Waals surface area contributed by atoms with Crippen molar-refractivity contribution in [1.82, 2.24) is 9.97 Å². The molecule has 84 valence electrons. The van der Waals surface area contributed by atoms with Crippen LogP contribution in [0.4, 0.5) is 17.6 Å². The van der Waals surface area contributed by atoms with Crippen LogP contribution in [-0.4, -0.2) is 16.0 Å². The van der Waals surface area contributed by atoms with Crippen LogP contribution in [0.2, 0.25) is 0 Å². The second-order valence-electron chi connectivity index (χ2n) is 3.72. The van der Waals surface area contributed by atoms with E-state index in [1.807, 2.05) is 0 Å². The maximum atomic E-state index is 5.56. The molecule has 0 radical (unpaired) electrons. The van der Waals surface area contributed by atoms with E-state index in [2.05, 4.69) is 29.1 Å². The number of nitrogens with two attached hydrogens (primary N) is 2. The van der Waals surface area contributed by atoms with E-state index in [0.29, 0.717) is 17.7 Å². The van der Waals surface area contributed by atoms with Crippen LogP contribution < -0.4 is 16.8 Å². The SMILES string of the molecule is CCCCC(C)Nc1cc(N)nc(N)n1. The number of nitrogens with zero attached hydrogens (tertiary/aromatic N) is 2. The van der Waals surface area contributed by atoms with Gasteiger partial charge in [-0.25, -0.2) is 0 Å². The highest BCUT2D eigenvalue weighted by Crippen LogP contribution is 2.12. The van der Waals surface area contributed by atoms with Crippen LogP contribution in [0, 0.1) is 0 Å². The Bertz CT molecular complexity index is 292. The summed E-state index contributed by atoms with van der Waals surface area (Å²) in [6.45, 7) is 4.29. The van der Waals surface area contributed by atoms with Crippen molar-refractivity contribution in [3.63, 3.8) is 0 Å². The number of nitrogen functional groups attached to an aromatic ring is 2. The average Bonchev–Trinajstić information content (AvgIpc) is 2.13. The van der Waals surface area contributed by atoms with E-state index in [1.54, 1.807) is 6.07 Å². The molecule has 1 aromatic rings. The van der Waals surface area contributed by atoms with Gasteiger partial charge in [0.1, 0.15) is 11.6 Å². The Hall–Kier alpha value is -1.52. The third-order valence-electron chi connectivity index (χ3n) is 2.15. The van der Waals surface area contributed by atoms with Gasteiger partial charge < -0.3 is 16.8 Å². The van der Waals surface area contributed by atoms with Crippen LogP contribution in [0.15, 0.2) is 6.07 Å². The quantitative estimate of drug-likeness (QED) is 0.685. The topological polar surface area (TPSA) is 89.8 Å². The molecule has 0 amide bonds. The largest absolute Gasteiger partial charge is 0.383 e. The van der Waals surface area contributed by atoms with Crippen molar-refractivity contribution >= 4 is 17.6 Å². The first-order valence-corrected chi connectivity index (χ1v) is 5.28. The molecular weight excluding hydrogens is 190 g/mol. The summed E-state index contributed by atoms with van der Waals surface area (Å²) in [4.78, 5) is 7.87. The minimum absolute atomic E-state index is 0.209. The normalized spacial score (nSPS) is 12.4. The van der Waals surface area contributed by atoms with E-state index in [0.717, 1.165) is 6.42 Å². The Labute approximate surface area is 90.3 Å². The Morgan fingerprint density at radius 3 is 2.73 bits per heavy atom. The second-order valence-corrected chi connectivity index (χ2v) is 3.72. The number of aromatic nitrogens is 2. The van der Waals surface area contributed by atoms with Gasteiger partial charge in [0.25, 0.3) is 0 Å². The number of rotatable bonds is 5. The number of anilines is 3. The lowest BCUT2D eigenvalue weighted by Gasteiger charge is -2.14. The van der Waals surface area contributed by atoms with Gasteiger partial charge in [0.15, 0.2) is 0 Å². The molecule has 5 nitrogen and oxygen atoms in total. The van der Waals surface area contributed by atoms with Crippen LogP contribution in [0.5, 0.6) is 0 Å². The van der Waals surface area contributed by atoms with E-state index < -0.39 is 0 Å². The molecule has 1 aromatic heterocycles. The molecule has 1 atom stereocenters. The molecule has 0 aliphatic heterocycles. The molecule has 0 aromatic carbocycles. The summed E-state index contributed by atoms with van der Waals surface area (Å²) >= 11 is 0. The summed E-state index contributed by atoms with van der Waals surface area (Å²) < 4.78 is 0. The maximum absolute atomic E-state index is 5.56. The van der Waals surface area contributed by atoms with Crippen molar-refractivity contribution < 1.29 is 0 Å². The van der Waals surface area contributed by atoms with E-state index >= 15 is 0 Å². The van der Waals surface area contributed by atoms with Crippen molar-refractivity contribution in [2.45, 2.75) is 39.2 Å². The molecular formula is C10H19N5. The lowest BCUT2D eigenvalue weighted by Crippen LogP contribution is -2.16. The number of hydrogen-bond donors (Lipinski definition) is 3. The fourth-order valence-corrected chi connectivity index (χ4v) is 1.39. The summed E-state index contributed by atoms with van der Waals surface area (Å²) in [6, 6.07) is 2.07.